The summed E-state index contributed by atoms with van der Waals surface area (Å²) in [7, 11) is 0. The van der Waals surface area contributed by atoms with Crippen molar-refractivity contribution in [3.8, 4) is 18.1 Å². The zero-order valence-corrected chi connectivity index (χ0v) is 14.1. The largest absolute Gasteiger partial charge is 0.481 e. The maximum atomic E-state index is 5.58. The molecule has 23 heavy (non-hydrogen) atoms. The van der Waals surface area contributed by atoms with Crippen LogP contribution in [0.3, 0.4) is 0 Å². The van der Waals surface area contributed by atoms with E-state index in [9.17, 15) is 0 Å². The van der Waals surface area contributed by atoms with Crippen molar-refractivity contribution in [2.45, 2.75) is 13.1 Å². The average molecular weight is 370 g/mol. The molecule has 1 N–H and O–H groups in total. The van der Waals surface area contributed by atoms with E-state index in [0.29, 0.717) is 6.54 Å². The number of hydrogen-bond donors (Lipinski definition) is 1. The molecule has 0 aliphatic carbocycles. The van der Waals surface area contributed by atoms with Gasteiger partial charge < -0.3 is 14.5 Å². The Labute approximate surface area is 143 Å². The zero-order valence-electron chi connectivity index (χ0n) is 12.5. The molecule has 1 aromatic heterocycles. The van der Waals surface area contributed by atoms with E-state index in [1.165, 1.54) is 5.56 Å². The normalized spacial score (nSPS) is 10.6. The number of benzene rings is 2. The van der Waals surface area contributed by atoms with Crippen LogP contribution in [0.4, 0.5) is 0 Å². The summed E-state index contributed by atoms with van der Waals surface area (Å²) in [4.78, 5) is 0. The molecule has 0 saturated carbocycles. The minimum atomic E-state index is 0.268. The number of terminal acetylenes is 1. The van der Waals surface area contributed by atoms with Crippen LogP contribution in [0.1, 0.15) is 11.1 Å². The van der Waals surface area contributed by atoms with Crippen LogP contribution in [0.25, 0.3) is 11.0 Å². The van der Waals surface area contributed by atoms with E-state index in [0.717, 1.165) is 33.3 Å². The molecule has 0 unspecified atom stereocenters. The maximum Gasteiger partial charge on any atom is 0.148 e. The van der Waals surface area contributed by atoms with Gasteiger partial charge in [-0.25, -0.2) is 0 Å². The smallest absolute Gasteiger partial charge is 0.148 e. The van der Waals surface area contributed by atoms with Crippen LogP contribution in [-0.2, 0) is 13.1 Å². The Bertz CT molecular complexity index is 848. The molecule has 0 saturated heterocycles. The van der Waals surface area contributed by atoms with Crippen molar-refractivity contribution in [2.24, 2.45) is 0 Å². The fraction of sp³-hybridized carbons (Fsp3) is 0.158. The van der Waals surface area contributed by atoms with Crippen LogP contribution in [0.2, 0.25) is 0 Å². The number of hydrogen-bond acceptors (Lipinski definition) is 3. The molecule has 0 fully saturated rings. The average Bonchev–Trinajstić information content (AvgIpc) is 3.02. The summed E-state index contributed by atoms with van der Waals surface area (Å²) < 4.78 is 12.0. The molecule has 0 amide bonds. The number of nitrogens with one attached hydrogen (secondary N) is 1. The Hall–Kier alpha value is -2.22. The van der Waals surface area contributed by atoms with E-state index in [-0.39, 0.29) is 6.61 Å². The third kappa shape index (κ3) is 3.95. The highest BCUT2D eigenvalue weighted by Crippen LogP contribution is 2.23. The summed E-state index contributed by atoms with van der Waals surface area (Å²) >= 11 is 3.49. The first-order valence-corrected chi connectivity index (χ1v) is 8.07. The van der Waals surface area contributed by atoms with Crippen molar-refractivity contribution in [1.29, 1.82) is 0 Å². The number of fused-ring (bicyclic) bond motifs is 1. The van der Waals surface area contributed by atoms with Gasteiger partial charge in [-0.1, -0.05) is 34.0 Å². The van der Waals surface area contributed by atoms with Gasteiger partial charge >= 0.3 is 0 Å². The summed E-state index contributed by atoms with van der Waals surface area (Å²) in [5.41, 5.74) is 3.15. The highest BCUT2D eigenvalue weighted by atomic mass is 79.9. The summed E-state index contributed by atoms with van der Waals surface area (Å²) in [6.45, 7) is 1.71. The van der Waals surface area contributed by atoms with Gasteiger partial charge in [0.15, 0.2) is 0 Å². The van der Waals surface area contributed by atoms with E-state index in [1.807, 2.05) is 24.3 Å². The number of halogens is 1. The van der Waals surface area contributed by atoms with Gasteiger partial charge in [0.1, 0.15) is 17.9 Å². The molecule has 3 nitrogen and oxygen atoms in total. The van der Waals surface area contributed by atoms with Crippen molar-refractivity contribution in [3.63, 3.8) is 0 Å². The molecule has 3 rings (SSSR count). The molecule has 3 aromatic rings. The first-order chi connectivity index (χ1) is 11.3. The molecule has 1 heterocycles. The lowest BCUT2D eigenvalue weighted by Gasteiger charge is -2.11. The first-order valence-electron chi connectivity index (χ1n) is 7.28. The lowest BCUT2D eigenvalue weighted by Crippen LogP contribution is -2.13. The van der Waals surface area contributed by atoms with E-state index in [4.69, 9.17) is 15.6 Å². The third-order valence-corrected chi connectivity index (χ3v) is 3.99. The fourth-order valence-corrected chi connectivity index (χ4v) is 2.81. The van der Waals surface area contributed by atoms with Crippen molar-refractivity contribution < 1.29 is 9.15 Å². The van der Waals surface area contributed by atoms with Crippen LogP contribution in [0, 0.1) is 12.3 Å². The number of ether oxygens (including phenoxy) is 1. The summed E-state index contributed by atoms with van der Waals surface area (Å²) in [5.74, 6) is 3.30. The Kier molecular flexibility index (Phi) is 5.02. The van der Waals surface area contributed by atoms with Crippen LogP contribution in [0.5, 0.6) is 5.75 Å². The quantitative estimate of drug-likeness (QED) is 0.649. The predicted octanol–water partition coefficient (Wildman–Crippen LogP) is 4.50. The molecule has 0 radical (unpaired) electrons. The van der Waals surface area contributed by atoms with E-state index < -0.39 is 0 Å². The van der Waals surface area contributed by atoms with Crippen LogP contribution in [-0.4, -0.2) is 6.61 Å². The molecule has 0 spiro atoms. The van der Waals surface area contributed by atoms with E-state index in [1.54, 1.807) is 6.26 Å². The second kappa shape index (κ2) is 7.36. The minimum Gasteiger partial charge on any atom is -0.481 e. The SMILES string of the molecule is C#CCOc1ccc(Br)cc1CNCc1ccc2ccoc2c1. The molecule has 0 aliphatic rings. The second-order valence-electron chi connectivity index (χ2n) is 5.14. The highest BCUT2D eigenvalue weighted by molar-refractivity contribution is 9.10. The molecule has 2 aromatic carbocycles. The van der Waals surface area contributed by atoms with Crippen molar-refractivity contribution in [2.75, 3.05) is 6.61 Å². The third-order valence-electron chi connectivity index (χ3n) is 3.50. The first kappa shape index (κ1) is 15.7. The minimum absolute atomic E-state index is 0.268. The van der Waals surface area contributed by atoms with Gasteiger partial charge in [0.05, 0.1) is 6.26 Å². The van der Waals surface area contributed by atoms with Crippen molar-refractivity contribution in [3.05, 3.63) is 64.3 Å². The molecular weight excluding hydrogens is 354 g/mol. The zero-order chi connectivity index (χ0) is 16.1. The van der Waals surface area contributed by atoms with E-state index in [2.05, 4.69) is 45.4 Å². The molecule has 0 aliphatic heterocycles. The Balaban J connectivity index is 1.65. The van der Waals surface area contributed by atoms with Gasteiger partial charge in [0.25, 0.3) is 0 Å². The Morgan fingerprint density at radius 2 is 2.04 bits per heavy atom. The van der Waals surface area contributed by atoms with Crippen molar-refractivity contribution >= 4 is 26.9 Å². The Morgan fingerprint density at radius 3 is 2.91 bits per heavy atom. The van der Waals surface area contributed by atoms with E-state index >= 15 is 0 Å². The lowest BCUT2D eigenvalue weighted by molar-refractivity contribution is 0.364. The monoisotopic (exact) mass is 369 g/mol. The Morgan fingerprint density at radius 1 is 1.13 bits per heavy atom. The molecule has 4 heteroatoms. The van der Waals surface area contributed by atoms with Gasteiger partial charge in [0.2, 0.25) is 0 Å². The molecule has 0 bridgehead atoms. The summed E-state index contributed by atoms with van der Waals surface area (Å²) in [6.07, 6.45) is 6.97. The number of rotatable bonds is 6. The van der Waals surface area contributed by atoms with Crippen LogP contribution < -0.4 is 10.1 Å². The van der Waals surface area contributed by atoms with Gasteiger partial charge in [-0.05, 0) is 35.9 Å². The van der Waals surface area contributed by atoms with Crippen LogP contribution >= 0.6 is 15.9 Å². The van der Waals surface area contributed by atoms with Crippen LogP contribution in [0.15, 0.2) is 57.6 Å². The summed E-state index contributed by atoms with van der Waals surface area (Å²) in [6, 6.07) is 14.1. The lowest BCUT2D eigenvalue weighted by atomic mass is 10.1. The van der Waals surface area contributed by atoms with Gasteiger partial charge in [-0.3, -0.25) is 0 Å². The standard InChI is InChI=1S/C19H16BrNO2/c1-2-8-22-18-6-5-17(20)11-16(18)13-21-12-14-3-4-15-7-9-23-19(15)10-14/h1,3-7,9-11,21H,8,12-13H2. The molecule has 116 valence electrons. The predicted molar refractivity (Wildman–Crippen MR) is 95.2 cm³/mol. The maximum absolute atomic E-state index is 5.58. The second-order valence-corrected chi connectivity index (χ2v) is 6.06. The number of furan rings is 1. The van der Waals surface area contributed by atoms with Gasteiger partial charge in [-0.2, -0.15) is 0 Å². The van der Waals surface area contributed by atoms with Gasteiger partial charge in [-0.15, -0.1) is 6.42 Å². The van der Waals surface area contributed by atoms with Crippen molar-refractivity contribution in [1.82, 2.24) is 5.32 Å². The fourth-order valence-electron chi connectivity index (χ4n) is 2.40. The van der Waals surface area contributed by atoms with Gasteiger partial charge in [0, 0.05) is 28.5 Å². The topological polar surface area (TPSA) is 34.4 Å². The molecule has 0 atom stereocenters. The highest BCUT2D eigenvalue weighted by Gasteiger charge is 2.05. The summed E-state index contributed by atoms with van der Waals surface area (Å²) in [5, 5.41) is 4.54. The molecular formula is C19H16BrNO2.